The van der Waals surface area contributed by atoms with Gasteiger partial charge in [-0.25, -0.2) is 0 Å². The number of likely N-dealkylation sites (tertiary alicyclic amines) is 1. The molecule has 2 unspecified atom stereocenters. The van der Waals surface area contributed by atoms with Crippen LogP contribution < -0.4 is 10.1 Å². The Morgan fingerprint density at radius 1 is 1.23 bits per heavy atom. The monoisotopic (exact) mass is 360 g/mol. The fourth-order valence-electron chi connectivity index (χ4n) is 3.74. The molecule has 3 rings (SSSR count). The smallest absolute Gasteiger partial charge is 0.251 e. The van der Waals surface area contributed by atoms with Gasteiger partial charge in [-0.3, -0.25) is 4.79 Å². The van der Waals surface area contributed by atoms with Gasteiger partial charge in [0, 0.05) is 31.3 Å². The summed E-state index contributed by atoms with van der Waals surface area (Å²) < 4.78 is 11.3. The predicted octanol–water partition coefficient (Wildman–Crippen LogP) is 3.24. The molecule has 2 atom stereocenters. The number of nitrogens with one attached hydrogen (secondary N) is 1. The Balaban J connectivity index is 1.34. The van der Waals surface area contributed by atoms with E-state index in [2.05, 4.69) is 17.1 Å². The third kappa shape index (κ3) is 5.71. The van der Waals surface area contributed by atoms with Gasteiger partial charge in [0.25, 0.3) is 5.91 Å². The molecule has 1 aromatic rings. The van der Waals surface area contributed by atoms with Crippen molar-refractivity contribution in [2.45, 2.75) is 57.6 Å². The summed E-state index contributed by atoms with van der Waals surface area (Å²) in [5, 5.41) is 3.02. The first-order valence-electron chi connectivity index (χ1n) is 10.1. The molecule has 2 aliphatic heterocycles. The second kappa shape index (κ2) is 9.93. The molecule has 5 heteroatoms. The molecule has 0 spiro atoms. The normalized spacial score (nSPS) is 23.7. The number of ether oxygens (including phenoxy) is 2. The molecule has 5 nitrogen and oxygen atoms in total. The third-order valence-electron chi connectivity index (χ3n) is 5.42. The first kappa shape index (κ1) is 19.2. The van der Waals surface area contributed by atoms with Crippen molar-refractivity contribution in [3.05, 3.63) is 29.8 Å². The van der Waals surface area contributed by atoms with Gasteiger partial charge in [0.15, 0.2) is 0 Å². The van der Waals surface area contributed by atoms with Gasteiger partial charge in [0.1, 0.15) is 12.4 Å². The summed E-state index contributed by atoms with van der Waals surface area (Å²) in [7, 11) is 0. The van der Waals surface area contributed by atoms with E-state index in [1.54, 1.807) is 0 Å². The molecule has 0 bridgehead atoms. The number of nitrogens with zero attached hydrogens (tertiary/aromatic N) is 1. The average Bonchev–Trinajstić information content (AvgIpc) is 3.19. The zero-order valence-corrected chi connectivity index (χ0v) is 15.9. The van der Waals surface area contributed by atoms with Crippen LogP contribution in [0.25, 0.3) is 0 Å². The van der Waals surface area contributed by atoms with Gasteiger partial charge in [0.2, 0.25) is 0 Å². The van der Waals surface area contributed by atoms with Gasteiger partial charge in [-0.1, -0.05) is 6.42 Å². The van der Waals surface area contributed by atoms with Crippen LogP contribution in [0.5, 0.6) is 5.75 Å². The first-order valence-corrected chi connectivity index (χ1v) is 10.1. The van der Waals surface area contributed by atoms with E-state index in [-0.39, 0.29) is 12.0 Å². The maximum Gasteiger partial charge on any atom is 0.251 e. The Labute approximate surface area is 157 Å². The summed E-state index contributed by atoms with van der Waals surface area (Å²) >= 11 is 0. The third-order valence-corrected chi connectivity index (χ3v) is 5.42. The Bertz CT molecular complexity index is 555. The van der Waals surface area contributed by atoms with E-state index in [0.29, 0.717) is 18.2 Å². The van der Waals surface area contributed by atoms with Crippen LogP contribution in [0.1, 0.15) is 55.8 Å². The lowest BCUT2D eigenvalue weighted by atomic mass is 10.0. The standard InChI is InChI=1S/C21H32N2O3/c1-17-6-2-3-13-23(17)14-5-12-22-21(24)18-8-10-19(11-9-18)26-16-20-7-4-15-25-20/h8-11,17,20H,2-7,12-16H2,1H3,(H,22,24). The zero-order valence-electron chi connectivity index (χ0n) is 15.9. The van der Waals surface area contributed by atoms with Crippen molar-refractivity contribution in [2.75, 3.05) is 32.8 Å². The van der Waals surface area contributed by atoms with Crippen LogP contribution in [0.2, 0.25) is 0 Å². The highest BCUT2D eigenvalue weighted by molar-refractivity contribution is 5.94. The van der Waals surface area contributed by atoms with Crippen molar-refractivity contribution in [1.29, 1.82) is 0 Å². The van der Waals surface area contributed by atoms with E-state index in [9.17, 15) is 4.79 Å². The minimum atomic E-state index is -0.0117. The quantitative estimate of drug-likeness (QED) is 0.723. The highest BCUT2D eigenvalue weighted by Crippen LogP contribution is 2.17. The Kier molecular flexibility index (Phi) is 7.32. The number of benzene rings is 1. The number of hydrogen-bond acceptors (Lipinski definition) is 4. The highest BCUT2D eigenvalue weighted by Gasteiger charge is 2.18. The van der Waals surface area contributed by atoms with Gasteiger partial charge < -0.3 is 19.7 Å². The second-order valence-corrected chi connectivity index (χ2v) is 7.46. The molecule has 26 heavy (non-hydrogen) atoms. The molecular weight excluding hydrogens is 328 g/mol. The van der Waals surface area contributed by atoms with Crippen molar-refractivity contribution in [3.63, 3.8) is 0 Å². The summed E-state index contributed by atoms with van der Waals surface area (Å²) in [5.74, 6) is 0.776. The number of hydrogen-bond donors (Lipinski definition) is 1. The van der Waals surface area contributed by atoms with Crippen LogP contribution in [-0.2, 0) is 4.74 Å². The summed E-state index contributed by atoms with van der Waals surface area (Å²) in [5.41, 5.74) is 0.681. The number of carbonyl (C=O) groups excluding carboxylic acids is 1. The number of piperidine rings is 1. The molecule has 1 N–H and O–H groups in total. The van der Waals surface area contributed by atoms with Crippen LogP contribution in [-0.4, -0.2) is 55.8 Å². The molecule has 1 amide bonds. The minimum absolute atomic E-state index is 0.0117. The van der Waals surface area contributed by atoms with Crippen LogP contribution in [0.15, 0.2) is 24.3 Å². The molecule has 2 saturated heterocycles. The van der Waals surface area contributed by atoms with E-state index >= 15 is 0 Å². The fourth-order valence-corrected chi connectivity index (χ4v) is 3.74. The van der Waals surface area contributed by atoms with E-state index < -0.39 is 0 Å². The molecule has 0 saturated carbocycles. The average molecular weight is 360 g/mol. The van der Waals surface area contributed by atoms with Crippen LogP contribution >= 0.6 is 0 Å². The van der Waals surface area contributed by atoms with Gasteiger partial charge >= 0.3 is 0 Å². The van der Waals surface area contributed by atoms with Crippen LogP contribution in [0, 0.1) is 0 Å². The lowest BCUT2D eigenvalue weighted by molar-refractivity contribution is 0.0679. The van der Waals surface area contributed by atoms with Gasteiger partial charge in [-0.15, -0.1) is 0 Å². The lowest BCUT2D eigenvalue weighted by Crippen LogP contribution is -2.39. The molecule has 2 aliphatic rings. The minimum Gasteiger partial charge on any atom is -0.491 e. The topological polar surface area (TPSA) is 50.8 Å². The van der Waals surface area contributed by atoms with E-state index in [1.807, 2.05) is 24.3 Å². The summed E-state index contributed by atoms with van der Waals surface area (Å²) in [6, 6.07) is 8.06. The highest BCUT2D eigenvalue weighted by atomic mass is 16.5. The zero-order chi connectivity index (χ0) is 18.2. The molecule has 0 aromatic heterocycles. The van der Waals surface area contributed by atoms with E-state index in [0.717, 1.165) is 44.7 Å². The van der Waals surface area contributed by atoms with E-state index in [1.165, 1.54) is 25.8 Å². The fraction of sp³-hybridized carbons (Fsp3) is 0.667. The lowest BCUT2D eigenvalue weighted by Gasteiger charge is -2.33. The Hall–Kier alpha value is -1.59. The molecule has 0 radical (unpaired) electrons. The largest absolute Gasteiger partial charge is 0.491 e. The van der Waals surface area contributed by atoms with Crippen molar-refractivity contribution in [2.24, 2.45) is 0 Å². The summed E-state index contributed by atoms with van der Waals surface area (Å²) in [6.45, 7) is 6.71. The van der Waals surface area contributed by atoms with Crippen molar-refractivity contribution >= 4 is 5.91 Å². The summed E-state index contributed by atoms with van der Waals surface area (Å²) in [6.07, 6.45) is 7.34. The maximum atomic E-state index is 12.3. The molecular formula is C21H32N2O3. The molecule has 2 fully saturated rings. The second-order valence-electron chi connectivity index (χ2n) is 7.46. The summed E-state index contributed by atoms with van der Waals surface area (Å²) in [4.78, 5) is 14.8. The number of amides is 1. The van der Waals surface area contributed by atoms with Crippen LogP contribution in [0.4, 0.5) is 0 Å². The van der Waals surface area contributed by atoms with Crippen molar-refractivity contribution < 1.29 is 14.3 Å². The SMILES string of the molecule is CC1CCCCN1CCCNC(=O)c1ccc(OCC2CCCO2)cc1. The number of carbonyl (C=O) groups is 1. The molecule has 1 aromatic carbocycles. The van der Waals surface area contributed by atoms with Crippen molar-refractivity contribution in [3.8, 4) is 5.75 Å². The molecule has 0 aliphatic carbocycles. The van der Waals surface area contributed by atoms with E-state index in [4.69, 9.17) is 9.47 Å². The number of rotatable bonds is 8. The van der Waals surface area contributed by atoms with Gasteiger partial charge in [0.05, 0.1) is 6.10 Å². The van der Waals surface area contributed by atoms with Crippen LogP contribution in [0.3, 0.4) is 0 Å². The van der Waals surface area contributed by atoms with Gasteiger partial charge in [-0.2, -0.15) is 0 Å². The molecule has 2 heterocycles. The Morgan fingerprint density at radius 3 is 2.81 bits per heavy atom. The first-order chi connectivity index (χ1) is 12.7. The molecule has 144 valence electrons. The predicted molar refractivity (Wildman–Crippen MR) is 103 cm³/mol. The maximum absolute atomic E-state index is 12.3. The Morgan fingerprint density at radius 2 is 2.08 bits per heavy atom. The van der Waals surface area contributed by atoms with Crippen molar-refractivity contribution in [1.82, 2.24) is 10.2 Å². The van der Waals surface area contributed by atoms with Gasteiger partial charge in [-0.05, 0) is 69.8 Å².